The van der Waals surface area contributed by atoms with E-state index in [9.17, 15) is 5.11 Å². The predicted molar refractivity (Wildman–Crippen MR) is 51.3 cm³/mol. The topological polar surface area (TPSA) is 32.7 Å². The summed E-state index contributed by atoms with van der Waals surface area (Å²) in [6.07, 6.45) is 5.02. The summed E-state index contributed by atoms with van der Waals surface area (Å²) in [4.78, 5) is 2.06. The number of ether oxygens (including phenoxy) is 1. The molecule has 0 amide bonds. The Labute approximate surface area is 79.7 Å². The molecular formula is C10H17NO2. The van der Waals surface area contributed by atoms with Gasteiger partial charge in [0.2, 0.25) is 0 Å². The van der Waals surface area contributed by atoms with Crippen molar-refractivity contribution >= 4 is 0 Å². The van der Waals surface area contributed by atoms with E-state index < -0.39 is 12.2 Å². The summed E-state index contributed by atoms with van der Waals surface area (Å²) in [7, 11) is 3.96. The van der Waals surface area contributed by atoms with Crippen molar-refractivity contribution in [2.75, 3.05) is 14.1 Å². The van der Waals surface area contributed by atoms with Gasteiger partial charge in [-0.3, -0.25) is 0 Å². The van der Waals surface area contributed by atoms with Crippen LogP contribution in [-0.2, 0) is 4.74 Å². The van der Waals surface area contributed by atoms with Gasteiger partial charge in [0.15, 0.2) is 0 Å². The van der Waals surface area contributed by atoms with Crippen molar-refractivity contribution in [3.63, 3.8) is 0 Å². The number of hydrogen-bond donors (Lipinski definition) is 1. The van der Waals surface area contributed by atoms with Gasteiger partial charge in [-0.05, 0) is 27.4 Å². The fourth-order valence-electron chi connectivity index (χ4n) is 1.76. The van der Waals surface area contributed by atoms with Gasteiger partial charge in [-0.1, -0.05) is 5.92 Å². The third-order valence-corrected chi connectivity index (χ3v) is 2.56. The lowest BCUT2D eigenvalue weighted by atomic mass is 9.96. The van der Waals surface area contributed by atoms with Gasteiger partial charge in [-0.15, -0.1) is 6.42 Å². The highest BCUT2D eigenvalue weighted by atomic mass is 16.5. The highest BCUT2D eigenvalue weighted by molar-refractivity contribution is 5.03. The van der Waals surface area contributed by atoms with E-state index in [0.717, 1.165) is 0 Å². The molecule has 0 aromatic heterocycles. The van der Waals surface area contributed by atoms with E-state index in [1.54, 1.807) is 0 Å². The zero-order valence-electron chi connectivity index (χ0n) is 8.40. The maximum absolute atomic E-state index is 9.61. The molecule has 13 heavy (non-hydrogen) atoms. The molecule has 0 aliphatic carbocycles. The van der Waals surface area contributed by atoms with Crippen molar-refractivity contribution in [1.29, 1.82) is 0 Å². The Morgan fingerprint density at radius 3 is 2.62 bits per heavy atom. The van der Waals surface area contributed by atoms with E-state index >= 15 is 0 Å². The molecule has 0 radical (unpaired) electrons. The van der Waals surface area contributed by atoms with E-state index in [-0.39, 0.29) is 12.1 Å². The first kappa shape index (κ1) is 10.5. The van der Waals surface area contributed by atoms with Crippen LogP contribution in [0.1, 0.15) is 13.3 Å². The number of hydrogen-bond acceptors (Lipinski definition) is 3. The molecule has 1 N–H and O–H groups in total. The summed E-state index contributed by atoms with van der Waals surface area (Å²) in [5.41, 5.74) is 0. The Balaban J connectivity index is 2.63. The summed E-state index contributed by atoms with van der Waals surface area (Å²) in [5.74, 6) is 2.45. The molecule has 0 aromatic carbocycles. The van der Waals surface area contributed by atoms with Gasteiger partial charge < -0.3 is 14.7 Å². The Kier molecular flexibility index (Phi) is 3.32. The first-order valence-corrected chi connectivity index (χ1v) is 4.52. The molecule has 1 saturated heterocycles. The number of terminal acetylenes is 1. The molecule has 1 fully saturated rings. The molecule has 0 aromatic rings. The van der Waals surface area contributed by atoms with Crippen LogP contribution in [0, 0.1) is 12.3 Å². The lowest BCUT2D eigenvalue weighted by molar-refractivity contribution is -0.117. The number of rotatable bonds is 1. The minimum atomic E-state index is -0.534. The molecule has 0 bridgehead atoms. The van der Waals surface area contributed by atoms with E-state index in [1.807, 2.05) is 21.0 Å². The Bertz CT molecular complexity index is 209. The standard InChI is InChI=1S/C10H17NO2/c1-5-10-9(12)6-8(11(3)4)7(2)13-10/h1,7-10,12H,6H2,2-4H3/t7-,8+,9-,10+/m1/s1. The number of aliphatic hydroxyl groups is 1. The fourth-order valence-corrected chi connectivity index (χ4v) is 1.76. The van der Waals surface area contributed by atoms with Crippen molar-refractivity contribution in [3.8, 4) is 12.3 Å². The smallest absolute Gasteiger partial charge is 0.144 e. The molecule has 74 valence electrons. The van der Waals surface area contributed by atoms with Gasteiger partial charge in [-0.25, -0.2) is 0 Å². The second-order valence-corrected chi connectivity index (χ2v) is 3.76. The maximum atomic E-state index is 9.61. The van der Waals surface area contributed by atoms with Crippen LogP contribution in [0.4, 0.5) is 0 Å². The van der Waals surface area contributed by atoms with Crippen LogP contribution in [-0.4, -0.2) is 48.5 Å². The van der Waals surface area contributed by atoms with E-state index in [4.69, 9.17) is 11.2 Å². The predicted octanol–water partition coefficient (Wildman–Crippen LogP) is 0.0881. The monoisotopic (exact) mass is 183 g/mol. The van der Waals surface area contributed by atoms with Gasteiger partial charge in [0.05, 0.1) is 12.2 Å². The van der Waals surface area contributed by atoms with Gasteiger partial charge in [-0.2, -0.15) is 0 Å². The highest BCUT2D eigenvalue weighted by Crippen LogP contribution is 2.22. The normalized spacial score (nSPS) is 40.3. The summed E-state index contributed by atoms with van der Waals surface area (Å²) in [5, 5.41) is 9.61. The Morgan fingerprint density at radius 1 is 1.54 bits per heavy atom. The van der Waals surface area contributed by atoms with Crippen LogP contribution < -0.4 is 0 Å². The maximum Gasteiger partial charge on any atom is 0.144 e. The van der Waals surface area contributed by atoms with Crippen LogP contribution in [0.15, 0.2) is 0 Å². The molecule has 1 aliphatic rings. The molecule has 4 atom stereocenters. The molecule has 1 heterocycles. The van der Waals surface area contributed by atoms with Gasteiger partial charge in [0.1, 0.15) is 6.10 Å². The summed E-state index contributed by atoms with van der Waals surface area (Å²) >= 11 is 0. The van der Waals surface area contributed by atoms with E-state index in [0.29, 0.717) is 6.42 Å². The van der Waals surface area contributed by atoms with E-state index in [2.05, 4.69) is 10.8 Å². The molecule has 0 spiro atoms. The summed E-state index contributed by atoms with van der Waals surface area (Å²) in [6.45, 7) is 1.99. The molecular weight excluding hydrogens is 166 g/mol. The minimum absolute atomic E-state index is 0.0828. The van der Waals surface area contributed by atoms with Crippen molar-refractivity contribution in [3.05, 3.63) is 0 Å². The fraction of sp³-hybridized carbons (Fsp3) is 0.800. The third-order valence-electron chi connectivity index (χ3n) is 2.56. The van der Waals surface area contributed by atoms with Crippen LogP contribution in [0.25, 0.3) is 0 Å². The summed E-state index contributed by atoms with van der Waals surface area (Å²) in [6, 6.07) is 0.250. The van der Waals surface area contributed by atoms with Gasteiger partial charge in [0.25, 0.3) is 0 Å². The molecule has 1 aliphatic heterocycles. The van der Waals surface area contributed by atoms with Crippen molar-refractivity contribution in [2.24, 2.45) is 0 Å². The first-order valence-electron chi connectivity index (χ1n) is 4.52. The second kappa shape index (κ2) is 4.10. The van der Waals surface area contributed by atoms with Crippen molar-refractivity contribution in [1.82, 2.24) is 4.90 Å². The summed E-state index contributed by atoms with van der Waals surface area (Å²) < 4.78 is 5.49. The molecule has 0 unspecified atom stereocenters. The molecule has 3 heteroatoms. The lowest BCUT2D eigenvalue weighted by Gasteiger charge is -2.39. The highest BCUT2D eigenvalue weighted by Gasteiger charge is 2.34. The van der Waals surface area contributed by atoms with Crippen LogP contribution in [0.5, 0.6) is 0 Å². The Hall–Kier alpha value is -0.560. The second-order valence-electron chi connectivity index (χ2n) is 3.76. The average molecular weight is 183 g/mol. The van der Waals surface area contributed by atoms with Crippen molar-refractivity contribution < 1.29 is 9.84 Å². The quantitative estimate of drug-likeness (QED) is 0.585. The lowest BCUT2D eigenvalue weighted by Crippen LogP contribution is -2.50. The molecule has 3 nitrogen and oxygen atoms in total. The first-order chi connectivity index (χ1) is 6.06. The van der Waals surface area contributed by atoms with Gasteiger partial charge >= 0.3 is 0 Å². The average Bonchev–Trinajstić information content (AvgIpc) is 2.07. The Morgan fingerprint density at radius 2 is 2.15 bits per heavy atom. The number of likely N-dealkylation sites (N-methyl/N-ethyl adjacent to an activating group) is 1. The third kappa shape index (κ3) is 2.22. The largest absolute Gasteiger partial charge is 0.389 e. The zero-order valence-corrected chi connectivity index (χ0v) is 8.40. The van der Waals surface area contributed by atoms with Crippen LogP contribution in [0.2, 0.25) is 0 Å². The van der Waals surface area contributed by atoms with Crippen molar-refractivity contribution in [2.45, 2.75) is 37.7 Å². The number of nitrogens with zero attached hydrogens (tertiary/aromatic N) is 1. The molecule has 0 saturated carbocycles. The van der Waals surface area contributed by atoms with Gasteiger partial charge in [0, 0.05) is 6.04 Å². The molecule has 1 rings (SSSR count). The van der Waals surface area contributed by atoms with Crippen LogP contribution >= 0.6 is 0 Å². The SMILES string of the molecule is C#C[C@@H]1O[C@H](C)[C@@H](N(C)C)C[C@H]1O. The minimum Gasteiger partial charge on any atom is -0.389 e. The zero-order chi connectivity index (χ0) is 10.0. The van der Waals surface area contributed by atoms with Crippen LogP contribution in [0.3, 0.4) is 0 Å². The van der Waals surface area contributed by atoms with E-state index in [1.165, 1.54) is 0 Å². The number of aliphatic hydroxyl groups excluding tert-OH is 1.